The van der Waals surface area contributed by atoms with Gasteiger partial charge in [0.2, 0.25) is 5.91 Å². The van der Waals surface area contributed by atoms with Crippen LogP contribution in [0.3, 0.4) is 0 Å². The van der Waals surface area contributed by atoms with E-state index in [4.69, 9.17) is 4.74 Å². The lowest BCUT2D eigenvalue weighted by Gasteiger charge is -2.28. The van der Waals surface area contributed by atoms with Gasteiger partial charge in [0.25, 0.3) is 11.1 Å². The second-order valence-corrected chi connectivity index (χ2v) is 8.35. The van der Waals surface area contributed by atoms with Crippen molar-refractivity contribution in [1.82, 2.24) is 14.4 Å². The van der Waals surface area contributed by atoms with Gasteiger partial charge in [0.05, 0.1) is 18.1 Å². The Morgan fingerprint density at radius 2 is 1.93 bits per heavy atom. The standard InChI is InChI=1S/C22H23N3O4S/c1-15-5-6-18(16(2)12-15)24-7-3-4-17(24)13-19-21(27)25(22(28)30-19)14-20(26)23-8-10-29-11-9-23/h3-7,12-13H,8-11,14H2,1-2H3/b19-13+. The molecule has 0 spiro atoms. The summed E-state index contributed by atoms with van der Waals surface area (Å²) < 4.78 is 7.23. The van der Waals surface area contributed by atoms with Gasteiger partial charge in [0.15, 0.2) is 0 Å². The first kappa shape index (κ1) is 20.4. The van der Waals surface area contributed by atoms with Crippen LogP contribution in [0.2, 0.25) is 0 Å². The van der Waals surface area contributed by atoms with E-state index >= 15 is 0 Å². The van der Waals surface area contributed by atoms with Crippen molar-refractivity contribution in [2.45, 2.75) is 13.8 Å². The van der Waals surface area contributed by atoms with E-state index in [1.165, 1.54) is 5.56 Å². The number of aromatic nitrogens is 1. The molecule has 0 bridgehead atoms. The van der Waals surface area contributed by atoms with Gasteiger partial charge < -0.3 is 14.2 Å². The molecule has 4 rings (SSSR count). The number of carbonyl (C=O) groups is 3. The van der Waals surface area contributed by atoms with Crippen molar-refractivity contribution in [2.24, 2.45) is 0 Å². The largest absolute Gasteiger partial charge is 0.378 e. The minimum absolute atomic E-state index is 0.236. The predicted octanol–water partition coefficient (Wildman–Crippen LogP) is 2.99. The zero-order chi connectivity index (χ0) is 21.3. The summed E-state index contributed by atoms with van der Waals surface area (Å²) >= 11 is 0.869. The Morgan fingerprint density at radius 1 is 1.17 bits per heavy atom. The molecule has 3 heterocycles. The Labute approximate surface area is 179 Å². The zero-order valence-electron chi connectivity index (χ0n) is 17.0. The van der Waals surface area contributed by atoms with Crippen LogP contribution in [-0.2, 0) is 14.3 Å². The van der Waals surface area contributed by atoms with Crippen molar-refractivity contribution in [1.29, 1.82) is 0 Å². The number of aryl methyl sites for hydroxylation is 2. The van der Waals surface area contributed by atoms with Gasteiger partial charge in [-0.1, -0.05) is 17.7 Å². The lowest BCUT2D eigenvalue weighted by atomic mass is 10.1. The van der Waals surface area contributed by atoms with Gasteiger partial charge in [-0.3, -0.25) is 19.3 Å². The fourth-order valence-electron chi connectivity index (χ4n) is 3.63. The molecular formula is C22H23N3O4S. The van der Waals surface area contributed by atoms with Crippen LogP contribution in [0.1, 0.15) is 16.8 Å². The van der Waals surface area contributed by atoms with Gasteiger partial charge >= 0.3 is 0 Å². The molecule has 7 nitrogen and oxygen atoms in total. The van der Waals surface area contributed by atoms with Crippen molar-refractivity contribution in [3.8, 4) is 5.69 Å². The fourth-order valence-corrected chi connectivity index (χ4v) is 4.45. The first-order chi connectivity index (χ1) is 14.4. The minimum atomic E-state index is -0.431. The van der Waals surface area contributed by atoms with Gasteiger partial charge in [0, 0.05) is 30.7 Å². The van der Waals surface area contributed by atoms with Crippen LogP contribution >= 0.6 is 11.8 Å². The summed E-state index contributed by atoms with van der Waals surface area (Å²) in [6, 6.07) is 9.97. The second kappa shape index (κ2) is 8.49. The molecule has 0 unspecified atom stereocenters. The number of ether oxygens (including phenoxy) is 1. The maximum atomic E-state index is 12.8. The monoisotopic (exact) mass is 425 g/mol. The van der Waals surface area contributed by atoms with Crippen LogP contribution in [0.25, 0.3) is 11.8 Å². The van der Waals surface area contributed by atoms with E-state index in [-0.39, 0.29) is 12.5 Å². The van der Waals surface area contributed by atoms with Gasteiger partial charge in [-0.2, -0.15) is 0 Å². The van der Waals surface area contributed by atoms with Crippen molar-refractivity contribution in [2.75, 3.05) is 32.8 Å². The first-order valence-electron chi connectivity index (χ1n) is 9.80. The third kappa shape index (κ3) is 4.06. The third-order valence-electron chi connectivity index (χ3n) is 5.20. The Bertz CT molecular complexity index is 1040. The van der Waals surface area contributed by atoms with Crippen molar-refractivity contribution >= 4 is 34.9 Å². The molecular weight excluding hydrogens is 402 g/mol. The molecule has 2 aromatic rings. The molecule has 2 aliphatic rings. The maximum Gasteiger partial charge on any atom is 0.294 e. The molecule has 3 amide bonds. The molecule has 2 aliphatic heterocycles. The average molecular weight is 426 g/mol. The van der Waals surface area contributed by atoms with Gasteiger partial charge in [0.1, 0.15) is 6.54 Å². The molecule has 0 saturated carbocycles. The van der Waals surface area contributed by atoms with Crippen molar-refractivity contribution in [3.63, 3.8) is 0 Å². The normalized spacial score (nSPS) is 18.5. The summed E-state index contributed by atoms with van der Waals surface area (Å²) in [7, 11) is 0. The number of rotatable bonds is 4. The average Bonchev–Trinajstić information content (AvgIpc) is 3.28. The Kier molecular flexibility index (Phi) is 5.78. The molecule has 8 heteroatoms. The minimum Gasteiger partial charge on any atom is -0.378 e. The fraction of sp³-hybridized carbons (Fsp3) is 0.318. The number of benzene rings is 1. The van der Waals surface area contributed by atoms with E-state index in [9.17, 15) is 14.4 Å². The van der Waals surface area contributed by atoms with Crippen molar-refractivity contribution in [3.05, 3.63) is 58.3 Å². The summed E-state index contributed by atoms with van der Waals surface area (Å²) in [4.78, 5) is 40.7. The van der Waals surface area contributed by atoms with Gasteiger partial charge in [-0.25, -0.2) is 0 Å². The molecule has 30 heavy (non-hydrogen) atoms. The van der Waals surface area contributed by atoms with Crippen LogP contribution in [0.15, 0.2) is 41.4 Å². The van der Waals surface area contributed by atoms with Gasteiger partial charge in [-0.05, 0) is 55.4 Å². The number of hydrogen-bond acceptors (Lipinski definition) is 5. The maximum absolute atomic E-state index is 12.8. The van der Waals surface area contributed by atoms with Crippen LogP contribution < -0.4 is 0 Å². The molecule has 1 aromatic heterocycles. The van der Waals surface area contributed by atoms with E-state index in [0.717, 1.165) is 33.6 Å². The molecule has 156 valence electrons. The van der Waals surface area contributed by atoms with E-state index in [2.05, 4.69) is 6.07 Å². The number of imide groups is 1. The highest BCUT2D eigenvalue weighted by Gasteiger charge is 2.37. The smallest absolute Gasteiger partial charge is 0.294 e. The Morgan fingerprint density at radius 3 is 2.67 bits per heavy atom. The molecule has 0 atom stereocenters. The predicted molar refractivity (Wildman–Crippen MR) is 115 cm³/mol. The number of hydrogen-bond donors (Lipinski definition) is 0. The summed E-state index contributed by atoms with van der Waals surface area (Å²) in [5.41, 5.74) is 4.10. The quantitative estimate of drug-likeness (QED) is 0.705. The molecule has 2 fully saturated rings. The topological polar surface area (TPSA) is 71.8 Å². The third-order valence-corrected chi connectivity index (χ3v) is 6.11. The Hall–Kier alpha value is -2.84. The molecule has 0 aliphatic carbocycles. The van der Waals surface area contributed by atoms with E-state index in [1.54, 1.807) is 11.0 Å². The van der Waals surface area contributed by atoms with Crippen LogP contribution in [0.4, 0.5) is 4.79 Å². The molecule has 2 saturated heterocycles. The zero-order valence-corrected chi connectivity index (χ0v) is 17.8. The second-order valence-electron chi connectivity index (χ2n) is 7.35. The molecule has 1 aromatic carbocycles. The highest BCUT2D eigenvalue weighted by Crippen LogP contribution is 2.33. The molecule has 0 N–H and O–H groups in total. The van der Waals surface area contributed by atoms with Crippen molar-refractivity contribution < 1.29 is 19.1 Å². The lowest BCUT2D eigenvalue weighted by Crippen LogP contribution is -2.46. The number of nitrogens with zero attached hydrogens (tertiary/aromatic N) is 3. The first-order valence-corrected chi connectivity index (χ1v) is 10.6. The van der Waals surface area contributed by atoms with Gasteiger partial charge in [-0.15, -0.1) is 0 Å². The highest BCUT2D eigenvalue weighted by atomic mass is 32.2. The SMILES string of the molecule is Cc1ccc(-n2cccc2/C=C2/SC(=O)N(CC(=O)N3CCOCC3)C2=O)c(C)c1. The van der Waals surface area contributed by atoms with E-state index < -0.39 is 11.1 Å². The molecule has 0 radical (unpaired) electrons. The van der Waals surface area contributed by atoms with Crippen LogP contribution in [-0.4, -0.2) is 64.3 Å². The summed E-state index contributed by atoms with van der Waals surface area (Å²) in [5, 5.41) is -0.419. The van der Waals surface area contributed by atoms with Crippen LogP contribution in [0.5, 0.6) is 0 Å². The summed E-state index contributed by atoms with van der Waals surface area (Å²) in [6.45, 7) is 5.76. The highest BCUT2D eigenvalue weighted by molar-refractivity contribution is 8.18. The summed E-state index contributed by atoms with van der Waals surface area (Å²) in [6.07, 6.45) is 3.64. The lowest BCUT2D eigenvalue weighted by molar-refractivity contribution is -0.139. The number of morpholine rings is 1. The summed E-state index contributed by atoms with van der Waals surface area (Å²) in [5.74, 6) is -0.666. The van der Waals surface area contributed by atoms with E-state index in [1.807, 2.05) is 48.9 Å². The number of amides is 3. The number of carbonyl (C=O) groups excluding carboxylic acids is 3. The number of thioether (sulfide) groups is 1. The van der Waals surface area contributed by atoms with E-state index in [0.29, 0.717) is 31.2 Å². The Balaban J connectivity index is 1.54. The van der Waals surface area contributed by atoms with Crippen LogP contribution in [0, 0.1) is 13.8 Å².